The summed E-state index contributed by atoms with van der Waals surface area (Å²) in [5.74, 6) is 0.683. The summed E-state index contributed by atoms with van der Waals surface area (Å²) in [6.07, 6.45) is 0.0501. The molecule has 0 aliphatic carbocycles. The molecule has 5 nitrogen and oxygen atoms in total. The van der Waals surface area contributed by atoms with E-state index in [1.807, 2.05) is 24.3 Å². The molecule has 1 aliphatic heterocycles. The fourth-order valence-electron chi connectivity index (χ4n) is 1.91. The number of rotatable bonds is 5. The molecule has 0 spiro atoms. The number of carbonyl (C=O) groups excluding carboxylic acids is 1. The topological polar surface area (TPSA) is 70.6 Å². The Morgan fingerprint density at radius 3 is 2.84 bits per heavy atom. The van der Waals surface area contributed by atoms with Crippen molar-refractivity contribution in [1.82, 2.24) is 10.6 Å². The first-order chi connectivity index (χ1) is 9.15. The molecular formula is C13H17BrN2O3. The van der Waals surface area contributed by atoms with Crippen LogP contribution in [0.25, 0.3) is 0 Å². The van der Waals surface area contributed by atoms with Gasteiger partial charge in [-0.1, -0.05) is 15.9 Å². The van der Waals surface area contributed by atoms with Crippen LogP contribution in [0, 0.1) is 0 Å². The van der Waals surface area contributed by atoms with E-state index in [0.29, 0.717) is 26.1 Å². The molecule has 1 aromatic rings. The van der Waals surface area contributed by atoms with Crippen LogP contribution in [0.1, 0.15) is 6.42 Å². The lowest BCUT2D eigenvalue weighted by Crippen LogP contribution is -2.41. The van der Waals surface area contributed by atoms with E-state index in [1.54, 1.807) is 0 Å². The minimum Gasteiger partial charge on any atom is -0.492 e. The van der Waals surface area contributed by atoms with Gasteiger partial charge in [0.05, 0.1) is 18.7 Å². The molecular weight excluding hydrogens is 312 g/mol. The van der Waals surface area contributed by atoms with E-state index in [9.17, 15) is 9.90 Å². The molecule has 0 saturated carbocycles. The Hall–Kier alpha value is -1.11. The molecule has 3 N–H and O–H groups in total. The molecule has 6 heteroatoms. The number of ether oxygens (including phenoxy) is 1. The molecule has 19 heavy (non-hydrogen) atoms. The third-order valence-corrected chi connectivity index (χ3v) is 3.44. The lowest BCUT2D eigenvalue weighted by molar-refractivity contribution is -0.123. The van der Waals surface area contributed by atoms with Crippen LogP contribution in [0.4, 0.5) is 0 Å². The maximum Gasteiger partial charge on any atom is 0.237 e. The van der Waals surface area contributed by atoms with Crippen molar-refractivity contribution in [3.8, 4) is 5.75 Å². The van der Waals surface area contributed by atoms with Crippen molar-refractivity contribution < 1.29 is 14.6 Å². The van der Waals surface area contributed by atoms with Gasteiger partial charge in [0, 0.05) is 11.0 Å². The highest BCUT2D eigenvalue weighted by atomic mass is 79.9. The number of halogens is 1. The van der Waals surface area contributed by atoms with Gasteiger partial charge in [-0.2, -0.15) is 0 Å². The molecule has 0 bridgehead atoms. The van der Waals surface area contributed by atoms with Crippen molar-refractivity contribution in [2.45, 2.75) is 18.6 Å². The summed E-state index contributed by atoms with van der Waals surface area (Å²) in [7, 11) is 0. The van der Waals surface area contributed by atoms with Crippen LogP contribution >= 0.6 is 15.9 Å². The standard InChI is InChI=1S/C13H17BrN2O3/c14-9-1-3-11(4-2-9)19-6-5-15-13(18)12-7-10(17)8-16-12/h1-4,10,12,16-17H,5-8H2,(H,15,18). The SMILES string of the molecule is O=C(NCCOc1ccc(Br)cc1)C1CC(O)CN1. The average molecular weight is 329 g/mol. The summed E-state index contributed by atoms with van der Waals surface area (Å²) in [6.45, 7) is 1.35. The van der Waals surface area contributed by atoms with E-state index < -0.39 is 6.10 Å². The van der Waals surface area contributed by atoms with E-state index in [4.69, 9.17) is 4.74 Å². The highest BCUT2D eigenvalue weighted by Gasteiger charge is 2.27. The summed E-state index contributed by atoms with van der Waals surface area (Å²) >= 11 is 3.35. The van der Waals surface area contributed by atoms with E-state index in [-0.39, 0.29) is 11.9 Å². The van der Waals surface area contributed by atoms with Crippen LogP contribution in [0.15, 0.2) is 28.7 Å². The highest BCUT2D eigenvalue weighted by Crippen LogP contribution is 2.15. The summed E-state index contributed by atoms with van der Waals surface area (Å²) in [6, 6.07) is 7.24. The molecule has 1 aromatic carbocycles. The lowest BCUT2D eigenvalue weighted by Gasteiger charge is -2.11. The zero-order valence-electron chi connectivity index (χ0n) is 10.4. The predicted octanol–water partition coefficient (Wildman–Crippen LogP) is 0.667. The van der Waals surface area contributed by atoms with Gasteiger partial charge in [-0.05, 0) is 30.7 Å². The molecule has 1 heterocycles. The number of nitrogens with one attached hydrogen (secondary N) is 2. The van der Waals surface area contributed by atoms with E-state index in [1.165, 1.54) is 0 Å². The van der Waals surface area contributed by atoms with Crippen LogP contribution in [-0.2, 0) is 4.79 Å². The normalized spacial score (nSPS) is 22.2. The first-order valence-corrected chi connectivity index (χ1v) is 7.02. The van der Waals surface area contributed by atoms with Crippen molar-refractivity contribution in [1.29, 1.82) is 0 Å². The molecule has 2 unspecified atom stereocenters. The second kappa shape index (κ2) is 6.88. The number of amides is 1. The molecule has 0 radical (unpaired) electrons. The predicted molar refractivity (Wildman–Crippen MR) is 75.1 cm³/mol. The third-order valence-electron chi connectivity index (χ3n) is 2.91. The van der Waals surface area contributed by atoms with Crippen LogP contribution < -0.4 is 15.4 Å². The Kier molecular flexibility index (Phi) is 5.18. The van der Waals surface area contributed by atoms with Crippen molar-refractivity contribution in [2.75, 3.05) is 19.7 Å². The molecule has 2 atom stereocenters. The molecule has 1 aliphatic rings. The smallest absolute Gasteiger partial charge is 0.237 e. The molecule has 0 aromatic heterocycles. The van der Waals surface area contributed by atoms with E-state index >= 15 is 0 Å². The Morgan fingerprint density at radius 2 is 2.21 bits per heavy atom. The minimum atomic E-state index is -0.422. The Labute approximate surface area is 120 Å². The first kappa shape index (κ1) is 14.3. The Bertz CT molecular complexity index is 424. The van der Waals surface area contributed by atoms with Crippen LogP contribution in [-0.4, -0.2) is 42.9 Å². The average Bonchev–Trinajstić information content (AvgIpc) is 2.83. The second-order valence-corrected chi connectivity index (χ2v) is 5.36. The summed E-state index contributed by atoms with van der Waals surface area (Å²) < 4.78 is 6.49. The molecule has 1 amide bonds. The van der Waals surface area contributed by atoms with Crippen molar-refractivity contribution in [3.05, 3.63) is 28.7 Å². The van der Waals surface area contributed by atoms with Crippen molar-refractivity contribution in [2.24, 2.45) is 0 Å². The van der Waals surface area contributed by atoms with Crippen molar-refractivity contribution >= 4 is 21.8 Å². The van der Waals surface area contributed by atoms with Gasteiger partial charge in [-0.25, -0.2) is 0 Å². The maximum absolute atomic E-state index is 11.7. The van der Waals surface area contributed by atoms with Gasteiger partial charge in [0.1, 0.15) is 12.4 Å². The van der Waals surface area contributed by atoms with Gasteiger partial charge in [-0.3, -0.25) is 4.79 Å². The number of β-amino-alcohol motifs (C(OH)–C–C–N with tert-alkyl or cyclic N) is 1. The molecule has 1 saturated heterocycles. The molecule has 2 rings (SSSR count). The lowest BCUT2D eigenvalue weighted by atomic mass is 10.2. The van der Waals surface area contributed by atoms with Gasteiger partial charge in [-0.15, -0.1) is 0 Å². The van der Waals surface area contributed by atoms with Gasteiger partial charge in [0.15, 0.2) is 0 Å². The fraction of sp³-hybridized carbons (Fsp3) is 0.462. The fourth-order valence-corrected chi connectivity index (χ4v) is 2.18. The number of benzene rings is 1. The molecule has 104 valence electrons. The summed E-state index contributed by atoms with van der Waals surface area (Å²) in [4.78, 5) is 11.7. The number of aliphatic hydroxyl groups excluding tert-OH is 1. The van der Waals surface area contributed by atoms with Crippen LogP contribution in [0.5, 0.6) is 5.75 Å². The Morgan fingerprint density at radius 1 is 1.47 bits per heavy atom. The highest BCUT2D eigenvalue weighted by molar-refractivity contribution is 9.10. The number of hydrogen-bond acceptors (Lipinski definition) is 4. The minimum absolute atomic E-state index is 0.0871. The third kappa shape index (κ3) is 4.49. The number of hydrogen-bond donors (Lipinski definition) is 3. The van der Waals surface area contributed by atoms with Gasteiger partial charge >= 0.3 is 0 Å². The summed E-state index contributed by atoms with van der Waals surface area (Å²) in [5.41, 5.74) is 0. The summed E-state index contributed by atoms with van der Waals surface area (Å²) in [5, 5.41) is 15.1. The second-order valence-electron chi connectivity index (χ2n) is 4.44. The van der Waals surface area contributed by atoms with Gasteiger partial charge in [0.25, 0.3) is 0 Å². The number of aliphatic hydroxyl groups is 1. The van der Waals surface area contributed by atoms with E-state index in [2.05, 4.69) is 26.6 Å². The Balaban J connectivity index is 1.64. The van der Waals surface area contributed by atoms with Gasteiger partial charge < -0.3 is 20.5 Å². The van der Waals surface area contributed by atoms with Crippen LogP contribution in [0.2, 0.25) is 0 Å². The maximum atomic E-state index is 11.7. The van der Waals surface area contributed by atoms with Gasteiger partial charge in [0.2, 0.25) is 5.91 Å². The van der Waals surface area contributed by atoms with E-state index in [0.717, 1.165) is 10.2 Å². The molecule has 1 fully saturated rings. The van der Waals surface area contributed by atoms with Crippen LogP contribution in [0.3, 0.4) is 0 Å². The zero-order chi connectivity index (χ0) is 13.7. The largest absolute Gasteiger partial charge is 0.492 e. The monoisotopic (exact) mass is 328 g/mol. The first-order valence-electron chi connectivity index (χ1n) is 6.22. The quantitative estimate of drug-likeness (QED) is 0.695. The number of carbonyl (C=O) groups is 1. The van der Waals surface area contributed by atoms with Crippen molar-refractivity contribution in [3.63, 3.8) is 0 Å². The zero-order valence-corrected chi connectivity index (χ0v) is 12.0.